The zero-order valence-corrected chi connectivity index (χ0v) is 12.4. The van der Waals surface area contributed by atoms with E-state index in [9.17, 15) is 4.79 Å². The van der Waals surface area contributed by atoms with Gasteiger partial charge in [0.2, 0.25) is 0 Å². The van der Waals surface area contributed by atoms with Crippen molar-refractivity contribution in [3.05, 3.63) is 35.4 Å². The second-order valence-corrected chi connectivity index (χ2v) is 6.81. The summed E-state index contributed by atoms with van der Waals surface area (Å²) in [5.41, 5.74) is 1.36. The van der Waals surface area contributed by atoms with Crippen molar-refractivity contribution in [1.82, 2.24) is 5.32 Å². The molecule has 2 rings (SSSR count). The molecule has 1 unspecified atom stereocenters. The van der Waals surface area contributed by atoms with Gasteiger partial charge in [-0.25, -0.2) is 0 Å². The summed E-state index contributed by atoms with van der Waals surface area (Å²) >= 11 is 1.93. The number of rotatable bonds is 3. The van der Waals surface area contributed by atoms with Crippen LogP contribution in [0.5, 0.6) is 0 Å². The molecule has 4 heteroatoms. The van der Waals surface area contributed by atoms with Crippen LogP contribution in [0.1, 0.15) is 35.7 Å². The third-order valence-corrected chi connectivity index (χ3v) is 4.90. The molecule has 0 aromatic heterocycles. The average molecular weight is 289 g/mol. The second kappa shape index (κ2) is 6.83. The molecule has 1 amide bonds. The second-order valence-electron chi connectivity index (χ2n) is 5.13. The SMILES string of the molecule is CC1(CNC(=O)c2cccc(C#CCO)c2)CCCS1. The Morgan fingerprint density at radius 2 is 2.40 bits per heavy atom. The summed E-state index contributed by atoms with van der Waals surface area (Å²) in [5, 5.41) is 11.7. The number of carbonyl (C=O) groups is 1. The van der Waals surface area contributed by atoms with E-state index in [-0.39, 0.29) is 17.3 Å². The van der Waals surface area contributed by atoms with E-state index in [2.05, 4.69) is 24.1 Å². The molecule has 1 atom stereocenters. The molecule has 0 spiro atoms. The van der Waals surface area contributed by atoms with Gasteiger partial charge in [-0.3, -0.25) is 4.79 Å². The maximum Gasteiger partial charge on any atom is 0.251 e. The summed E-state index contributed by atoms with van der Waals surface area (Å²) < 4.78 is 0.171. The van der Waals surface area contributed by atoms with E-state index in [4.69, 9.17) is 5.11 Å². The molecule has 1 aliphatic heterocycles. The first-order valence-electron chi connectivity index (χ1n) is 6.75. The number of benzene rings is 1. The predicted molar refractivity (Wildman–Crippen MR) is 82.8 cm³/mol. The number of hydrogen-bond acceptors (Lipinski definition) is 3. The zero-order valence-electron chi connectivity index (χ0n) is 11.6. The minimum Gasteiger partial charge on any atom is -0.384 e. The lowest BCUT2D eigenvalue weighted by Gasteiger charge is -2.22. The molecule has 0 aliphatic carbocycles. The minimum absolute atomic E-state index is 0.0635. The van der Waals surface area contributed by atoms with Crippen molar-refractivity contribution >= 4 is 17.7 Å². The van der Waals surface area contributed by atoms with Gasteiger partial charge >= 0.3 is 0 Å². The first kappa shape index (κ1) is 15.0. The molecule has 20 heavy (non-hydrogen) atoms. The van der Waals surface area contributed by atoms with Crippen molar-refractivity contribution in [2.24, 2.45) is 0 Å². The maximum absolute atomic E-state index is 12.2. The monoisotopic (exact) mass is 289 g/mol. The molecule has 1 aromatic rings. The summed E-state index contributed by atoms with van der Waals surface area (Å²) in [6, 6.07) is 7.17. The van der Waals surface area contributed by atoms with E-state index in [1.807, 2.05) is 23.9 Å². The lowest BCUT2D eigenvalue weighted by Crippen LogP contribution is -2.36. The maximum atomic E-state index is 12.2. The number of carbonyl (C=O) groups excluding carboxylic acids is 1. The van der Waals surface area contributed by atoms with Gasteiger partial charge in [0, 0.05) is 22.4 Å². The first-order chi connectivity index (χ1) is 9.63. The van der Waals surface area contributed by atoms with Crippen molar-refractivity contribution < 1.29 is 9.90 Å². The summed E-state index contributed by atoms with van der Waals surface area (Å²) in [7, 11) is 0. The molecule has 2 N–H and O–H groups in total. The van der Waals surface area contributed by atoms with Gasteiger partial charge in [-0.15, -0.1) is 0 Å². The molecule has 1 aliphatic rings. The molecule has 0 radical (unpaired) electrons. The highest BCUT2D eigenvalue weighted by Gasteiger charge is 2.29. The van der Waals surface area contributed by atoms with Crippen LogP contribution in [-0.2, 0) is 0 Å². The van der Waals surface area contributed by atoms with Crippen LogP contribution in [0.2, 0.25) is 0 Å². The highest BCUT2D eigenvalue weighted by atomic mass is 32.2. The Kier molecular flexibility index (Phi) is 5.11. The Morgan fingerprint density at radius 1 is 1.55 bits per heavy atom. The van der Waals surface area contributed by atoms with Gasteiger partial charge in [0.25, 0.3) is 5.91 Å². The van der Waals surface area contributed by atoms with Crippen LogP contribution in [0.3, 0.4) is 0 Å². The van der Waals surface area contributed by atoms with Gasteiger partial charge in [-0.2, -0.15) is 11.8 Å². The predicted octanol–water partition coefficient (Wildman–Crippen LogP) is 2.05. The van der Waals surface area contributed by atoms with Crippen molar-refractivity contribution in [3.63, 3.8) is 0 Å². The van der Waals surface area contributed by atoms with Crippen LogP contribution in [-0.4, -0.2) is 34.7 Å². The van der Waals surface area contributed by atoms with Crippen molar-refractivity contribution in [3.8, 4) is 11.8 Å². The smallest absolute Gasteiger partial charge is 0.251 e. The van der Waals surface area contributed by atoms with Crippen LogP contribution in [0.4, 0.5) is 0 Å². The fraction of sp³-hybridized carbons (Fsp3) is 0.438. The van der Waals surface area contributed by atoms with E-state index < -0.39 is 0 Å². The van der Waals surface area contributed by atoms with Gasteiger partial charge in [-0.05, 0) is 43.7 Å². The van der Waals surface area contributed by atoms with Gasteiger partial charge < -0.3 is 10.4 Å². The van der Waals surface area contributed by atoms with Gasteiger partial charge in [0.1, 0.15) is 6.61 Å². The van der Waals surface area contributed by atoms with Crippen LogP contribution in [0.25, 0.3) is 0 Å². The van der Waals surface area contributed by atoms with Gasteiger partial charge in [0.05, 0.1) is 0 Å². The number of thioether (sulfide) groups is 1. The highest BCUT2D eigenvalue weighted by Crippen LogP contribution is 2.36. The summed E-state index contributed by atoms with van der Waals surface area (Å²) in [5.74, 6) is 6.51. The normalized spacial score (nSPS) is 21.1. The Bertz CT molecular complexity index is 539. The van der Waals surface area contributed by atoms with E-state index in [0.717, 1.165) is 12.0 Å². The summed E-state index contributed by atoms with van der Waals surface area (Å²) in [4.78, 5) is 12.2. The van der Waals surface area contributed by atoms with Crippen LogP contribution in [0.15, 0.2) is 24.3 Å². The highest BCUT2D eigenvalue weighted by molar-refractivity contribution is 8.00. The lowest BCUT2D eigenvalue weighted by molar-refractivity contribution is 0.0950. The van der Waals surface area contributed by atoms with Crippen LogP contribution >= 0.6 is 11.8 Å². The lowest BCUT2D eigenvalue weighted by atomic mass is 10.1. The Labute approximate surface area is 124 Å². The molecule has 1 saturated heterocycles. The zero-order chi connectivity index (χ0) is 14.4. The average Bonchev–Trinajstić information content (AvgIpc) is 2.90. The molecule has 0 saturated carbocycles. The van der Waals surface area contributed by atoms with Crippen molar-refractivity contribution in [1.29, 1.82) is 0 Å². The van der Waals surface area contributed by atoms with E-state index in [1.165, 1.54) is 12.2 Å². The molecule has 1 heterocycles. The number of aliphatic hydroxyl groups excluding tert-OH is 1. The van der Waals surface area contributed by atoms with Gasteiger partial charge in [0.15, 0.2) is 0 Å². The first-order valence-corrected chi connectivity index (χ1v) is 7.73. The summed E-state index contributed by atoms with van der Waals surface area (Å²) in [6.07, 6.45) is 2.38. The Balaban J connectivity index is 1.98. The van der Waals surface area contributed by atoms with E-state index in [0.29, 0.717) is 12.1 Å². The standard InChI is InChI=1S/C16H19NO2S/c1-16(8-4-10-20-16)12-17-15(19)14-7-2-5-13(11-14)6-3-9-18/h2,5,7,11,18H,4,8-10,12H2,1H3,(H,17,19). The topological polar surface area (TPSA) is 49.3 Å². The molecule has 1 aromatic carbocycles. The molecule has 0 bridgehead atoms. The van der Waals surface area contributed by atoms with Crippen LogP contribution in [0, 0.1) is 11.8 Å². The fourth-order valence-corrected chi connectivity index (χ4v) is 3.47. The number of nitrogens with one attached hydrogen (secondary N) is 1. The number of hydrogen-bond donors (Lipinski definition) is 2. The summed E-state index contributed by atoms with van der Waals surface area (Å²) in [6.45, 7) is 2.73. The van der Waals surface area contributed by atoms with E-state index >= 15 is 0 Å². The van der Waals surface area contributed by atoms with Crippen LogP contribution < -0.4 is 5.32 Å². The van der Waals surface area contributed by atoms with E-state index in [1.54, 1.807) is 12.1 Å². The minimum atomic E-state index is -0.175. The van der Waals surface area contributed by atoms with Crippen molar-refractivity contribution in [2.75, 3.05) is 18.9 Å². The Hall–Kier alpha value is -1.44. The fourth-order valence-electron chi connectivity index (χ4n) is 2.23. The molecule has 106 valence electrons. The van der Waals surface area contributed by atoms with Crippen molar-refractivity contribution in [2.45, 2.75) is 24.5 Å². The molecular formula is C16H19NO2S. The Morgan fingerprint density at radius 3 is 3.10 bits per heavy atom. The quantitative estimate of drug-likeness (QED) is 0.837. The molecule has 3 nitrogen and oxygen atoms in total. The number of amides is 1. The third-order valence-electron chi connectivity index (χ3n) is 3.36. The molecular weight excluding hydrogens is 270 g/mol. The number of aliphatic hydroxyl groups is 1. The third kappa shape index (κ3) is 4.03. The molecule has 1 fully saturated rings. The van der Waals surface area contributed by atoms with Gasteiger partial charge in [-0.1, -0.05) is 17.9 Å². The largest absolute Gasteiger partial charge is 0.384 e.